The van der Waals surface area contributed by atoms with Crippen LogP contribution in [0, 0.1) is 3.57 Å². The van der Waals surface area contributed by atoms with Crippen molar-refractivity contribution in [2.24, 2.45) is 0 Å². The quantitative estimate of drug-likeness (QED) is 0.727. The lowest BCUT2D eigenvalue weighted by atomic mass is 10.0. The van der Waals surface area contributed by atoms with E-state index >= 15 is 0 Å². The van der Waals surface area contributed by atoms with E-state index in [-0.39, 0.29) is 0 Å². The van der Waals surface area contributed by atoms with E-state index < -0.39 is 0 Å². The molecule has 0 aromatic heterocycles. The van der Waals surface area contributed by atoms with Crippen LogP contribution in [0.25, 0.3) is 0 Å². The number of rotatable bonds is 6. The van der Waals surface area contributed by atoms with E-state index in [9.17, 15) is 0 Å². The van der Waals surface area contributed by atoms with E-state index in [2.05, 4.69) is 53.9 Å². The van der Waals surface area contributed by atoms with Crippen LogP contribution in [0.4, 0.5) is 0 Å². The lowest BCUT2D eigenvalue weighted by molar-refractivity contribution is 0.492. The number of hydrogen-bond donors (Lipinski definition) is 1. The monoisotopic (exact) mass is 351 g/mol. The van der Waals surface area contributed by atoms with Crippen molar-refractivity contribution >= 4 is 34.2 Å². The fourth-order valence-corrected chi connectivity index (χ4v) is 2.65. The Morgan fingerprint density at radius 3 is 2.69 bits per heavy atom. The summed E-state index contributed by atoms with van der Waals surface area (Å²) in [5.41, 5.74) is 1.34. The summed E-state index contributed by atoms with van der Waals surface area (Å²) in [6.45, 7) is 5.48. The summed E-state index contributed by atoms with van der Waals surface area (Å²) in [6, 6.07) is 6.58. The molecule has 0 aliphatic rings. The minimum absolute atomic E-state index is 0.440. The standard InChI is InChI=1S/C13H19ClIN/c1-3-5-13(16-8-4-2)11-9-10(14)6-7-12(11)15/h6-7,9,13,16H,3-5,8H2,1-2H3. The molecule has 1 unspecified atom stereocenters. The largest absolute Gasteiger partial charge is 0.310 e. The average Bonchev–Trinajstić information content (AvgIpc) is 2.28. The van der Waals surface area contributed by atoms with Gasteiger partial charge in [0.1, 0.15) is 0 Å². The van der Waals surface area contributed by atoms with Crippen molar-refractivity contribution in [2.75, 3.05) is 6.54 Å². The molecular weight excluding hydrogens is 333 g/mol. The molecule has 3 heteroatoms. The van der Waals surface area contributed by atoms with Crippen LogP contribution in [0.3, 0.4) is 0 Å². The van der Waals surface area contributed by atoms with Gasteiger partial charge in [0.05, 0.1) is 0 Å². The van der Waals surface area contributed by atoms with Crippen molar-refractivity contribution in [3.05, 3.63) is 32.4 Å². The highest BCUT2D eigenvalue weighted by molar-refractivity contribution is 14.1. The number of hydrogen-bond acceptors (Lipinski definition) is 1. The summed E-state index contributed by atoms with van der Waals surface area (Å²) in [7, 11) is 0. The maximum absolute atomic E-state index is 6.06. The molecule has 1 N–H and O–H groups in total. The van der Waals surface area contributed by atoms with E-state index in [0.29, 0.717) is 6.04 Å². The van der Waals surface area contributed by atoms with Crippen LogP contribution in [0.1, 0.15) is 44.7 Å². The third kappa shape index (κ3) is 4.22. The van der Waals surface area contributed by atoms with Gasteiger partial charge in [0.25, 0.3) is 0 Å². The van der Waals surface area contributed by atoms with Gasteiger partial charge in [-0.25, -0.2) is 0 Å². The van der Waals surface area contributed by atoms with Crippen molar-refractivity contribution in [3.8, 4) is 0 Å². The molecule has 0 aliphatic heterocycles. The second kappa shape index (κ2) is 7.51. The predicted octanol–water partition coefficient (Wildman–Crippen LogP) is 4.79. The van der Waals surface area contributed by atoms with Crippen molar-refractivity contribution in [3.63, 3.8) is 0 Å². The topological polar surface area (TPSA) is 12.0 Å². The zero-order chi connectivity index (χ0) is 12.0. The van der Waals surface area contributed by atoms with Crippen LogP contribution in [-0.4, -0.2) is 6.54 Å². The van der Waals surface area contributed by atoms with Crippen LogP contribution in [0.5, 0.6) is 0 Å². The Bertz CT molecular complexity index is 328. The van der Waals surface area contributed by atoms with Crippen molar-refractivity contribution in [1.82, 2.24) is 5.32 Å². The zero-order valence-corrected chi connectivity index (χ0v) is 12.8. The molecule has 90 valence electrons. The van der Waals surface area contributed by atoms with Gasteiger partial charge in [0.2, 0.25) is 0 Å². The molecule has 0 radical (unpaired) electrons. The molecule has 1 rings (SSSR count). The second-order valence-corrected chi connectivity index (χ2v) is 5.56. The smallest absolute Gasteiger partial charge is 0.0410 e. The predicted molar refractivity (Wildman–Crippen MR) is 80.1 cm³/mol. The van der Waals surface area contributed by atoms with Gasteiger partial charge < -0.3 is 5.32 Å². The number of halogens is 2. The van der Waals surface area contributed by atoms with E-state index in [1.165, 1.54) is 15.6 Å². The summed E-state index contributed by atoms with van der Waals surface area (Å²) in [5.74, 6) is 0. The summed E-state index contributed by atoms with van der Waals surface area (Å²) < 4.78 is 1.30. The summed E-state index contributed by atoms with van der Waals surface area (Å²) in [6.07, 6.45) is 3.51. The summed E-state index contributed by atoms with van der Waals surface area (Å²) >= 11 is 8.45. The Balaban J connectivity index is 2.85. The maximum atomic E-state index is 6.06. The molecule has 0 fully saturated rings. The Morgan fingerprint density at radius 2 is 2.06 bits per heavy atom. The first kappa shape index (κ1) is 14.3. The minimum atomic E-state index is 0.440. The first-order valence-corrected chi connectivity index (χ1v) is 7.33. The SMILES string of the molecule is CCCNC(CCC)c1cc(Cl)ccc1I. The zero-order valence-electron chi connectivity index (χ0n) is 9.89. The van der Waals surface area contributed by atoms with E-state index in [1.54, 1.807) is 0 Å². The Kier molecular flexibility index (Phi) is 6.70. The third-order valence-electron chi connectivity index (χ3n) is 2.55. The van der Waals surface area contributed by atoms with Gasteiger partial charge in [-0.1, -0.05) is 31.9 Å². The average molecular weight is 352 g/mol. The molecule has 16 heavy (non-hydrogen) atoms. The van der Waals surface area contributed by atoms with Crippen LogP contribution in [-0.2, 0) is 0 Å². The van der Waals surface area contributed by atoms with Crippen molar-refractivity contribution < 1.29 is 0 Å². The minimum Gasteiger partial charge on any atom is -0.310 e. The van der Waals surface area contributed by atoms with Gasteiger partial charge >= 0.3 is 0 Å². The molecule has 1 nitrogen and oxygen atoms in total. The summed E-state index contributed by atoms with van der Waals surface area (Å²) in [4.78, 5) is 0. The van der Waals surface area contributed by atoms with Crippen LogP contribution in [0.15, 0.2) is 18.2 Å². The van der Waals surface area contributed by atoms with Gasteiger partial charge in [-0.05, 0) is 65.7 Å². The Labute approximate surface area is 117 Å². The molecule has 0 spiro atoms. The lowest BCUT2D eigenvalue weighted by Gasteiger charge is -2.20. The third-order valence-corrected chi connectivity index (χ3v) is 3.77. The molecule has 0 aliphatic carbocycles. The Hall–Kier alpha value is 0.200. The van der Waals surface area contributed by atoms with E-state index in [4.69, 9.17) is 11.6 Å². The molecular formula is C13H19ClIN. The highest BCUT2D eigenvalue weighted by Crippen LogP contribution is 2.26. The number of nitrogens with one attached hydrogen (secondary N) is 1. The second-order valence-electron chi connectivity index (χ2n) is 3.96. The van der Waals surface area contributed by atoms with Crippen molar-refractivity contribution in [1.29, 1.82) is 0 Å². The molecule has 0 saturated heterocycles. The van der Waals surface area contributed by atoms with Gasteiger partial charge in [0.15, 0.2) is 0 Å². The molecule has 1 aromatic rings. The Morgan fingerprint density at radius 1 is 1.31 bits per heavy atom. The molecule has 0 heterocycles. The van der Waals surface area contributed by atoms with Gasteiger partial charge in [0, 0.05) is 14.6 Å². The highest BCUT2D eigenvalue weighted by atomic mass is 127. The maximum Gasteiger partial charge on any atom is 0.0410 e. The molecule has 1 aromatic carbocycles. The fourth-order valence-electron chi connectivity index (χ4n) is 1.76. The lowest BCUT2D eigenvalue weighted by Crippen LogP contribution is -2.22. The van der Waals surface area contributed by atoms with E-state index in [1.807, 2.05) is 6.07 Å². The first-order chi connectivity index (χ1) is 7.69. The molecule has 0 bridgehead atoms. The molecule has 0 saturated carbocycles. The fraction of sp³-hybridized carbons (Fsp3) is 0.538. The van der Waals surface area contributed by atoms with Gasteiger partial charge in [-0.3, -0.25) is 0 Å². The van der Waals surface area contributed by atoms with Gasteiger partial charge in [-0.15, -0.1) is 0 Å². The van der Waals surface area contributed by atoms with Crippen molar-refractivity contribution in [2.45, 2.75) is 39.2 Å². The van der Waals surface area contributed by atoms with Crippen LogP contribution in [0.2, 0.25) is 5.02 Å². The normalized spacial score (nSPS) is 12.8. The first-order valence-electron chi connectivity index (χ1n) is 5.87. The highest BCUT2D eigenvalue weighted by Gasteiger charge is 2.13. The number of benzene rings is 1. The summed E-state index contributed by atoms with van der Waals surface area (Å²) in [5, 5.41) is 4.42. The van der Waals surface area contributed by atoms with Gasteiger partial charge in [-0.2, -0.15) is 0 Å². The van der Waals surface area contributed by atoms with Crippen LogP contribution < -0.4 is 5.32 Å². The molecule has 1 atom stereocenters. The van der Waals surface area contributed by atoms with E-state index in [0.717, 1.165) is 24.4 Å². The molecule has 0 amide bonds. The van der Waals surface area contributed by atoms with Crippen LogP contribution >= 0.6 is 34.2 Å².